The van der Waals surface area contributed by atoms with Gasteiger partial charge in [0.25, 0.3) is 0 Å². The third-order valence-electron chi connectivity index (χ3n) is 6.60. The molecule has 0 amide bonds. The topological polar surface area (TPSA) is 74.2 Å². The first kappa shape index (κ1) is 25.9. The number of aliphatic hydroxyl groups excluding tert-OH is 1. The molecule has 0 saturated carbocycles. The van der Waals surface area contributed by atoms with E-state index in [1.165, 1.54) is 18.2 Å². The predicted molar refractivity (Wildman–Crippen MR) is 134 cm³/mol. The van der Waals surface area contributed by atoms with Gasteiger partial charge in [0.15, 0.2) is 12.2 Å². The van der Waals surface area contributed by atoms with E-state index in [-0.39, 0.29) is 11.2 Å². The van der Waals surface area contributed by atoms with Gasteiger partial charge < -0.3 is 23.9 Å². The Hall–Kier alpha value is -3.20. The molecule has 3 aromatic rings. The van der Waals surface area contributed by atoms with Gasteiger partial charge in [-0.25, -0.2) is 9.18 Å². The van der Waals surface area contributed by atoms with Crippen LogP contribution in [-0.4, -0.2) is 42.1 Å². The zero-order valence-electron chi connectivity index (χ0n) is 20.8. The lowest BCUT2D eigenvalue weighted by Gasteiger charge is -2.32. The van der Waals surface area contributed by atoms with Crippen LogP contribution < -0.4 is 10.2 Å². The molecule has 1 heterocycles. The standard InChI is InChI=1S/C28H30BFO6/c1-27(2)28(3,4)36-29(35-27)22-16-15-21(17-23(22)30)33-18-24(31)26(32)34-25(19-11-7-5-8-12-19)20-13-9-6-10-14-20/h5-17,24-25,31H,18H2,1-4H3. The summed E-state index contributed by atoms with van der Waals surface area (Å²) in [6, 6.07) is 22.7. The molecule has 6 nitrogen and oxygen atoms in total. The van der Waals surface area contributed by atoms with Crippen molar-refractivity contribution >= 4 is 18.6 Å². The summed E-state index contributed by atoms with van der Waals surface area (Å²) in [4.78, 5) is 12.7. The Morgan fingerprint density at radius 1 is 0.917 bits per heavy atom. The van der Waals surface area contributed by atoms with Crippen LogP contribution in [0.4, 0.5) is 4.39 Å². The van der Waals surface area contributed by atoms with Gasteiger partial charge in [0, 0.05) is 11.5 Å². The molecule has 1 saturated heterocycles. The van der Waals surface area contributed by atoms with Gasteiger partial charge >= 0.3 is 13.1 Å². The molecule has 1 aliphatic heterocycles. The van der Waals surface area contributed by atoms with E-state index in [0.29, 0.717) is 0 Å². The molecular formula is C28H30BFO6. The van der Waals surface area contributed by atoms with Crippen molar-refractivity contribution in [2.45, 2.75) is 51.1 Å². The smallest absolute Gasteiger partial charge is 0.490 e. The van der Waals surface area contributed by atoms with E-state index in [4.69, 9.17) is 18.8 Å². The maximum atomic E-state index is 14.8. The monoisotopic (exact) mass is 492 g/mol. The summed E-state index contributed by atoms with van der Waals surface area (Å²) in [5, 5.41) is 10.4. The normalized spacial score (nSPS) is 17.1. The number of carbonyl (C=O) groups is 1. The molecule has 1 atom stereocenters. The van der Waals surface area contributed by atoms with Crippen LogP contribution in [0.3, 0.4) is 0 Å². The number of hydrogen-bond donors (Lipinski definition) is 1. The van der Waals surface area contributed by atoms with Crippen LogP contribution in [0.25, 0.3) is 0 Å². The van der Waals surface area contributed by atoms with Crippen molar-refractivity contribution in [1.29, 1.82) is 0 Å². The molecule has 188 valence electrons. The Bertz CT molecular complexity index is 1130. The van der Waals surface area contributed by atoms with Gasteiger partial charge in [-0.15, -0.1) is 0 Å². The first-order valence-corrected chi connectivity index (χ1v) is 11.8. The number of esters is 1. The first-order chi connectivity index (χ1) is 17.1. The molecule has 1 aliphatic rings. The van der Waals surface area contributed by atoms with E-state index in [9.17, 15) is 14.3 Å². The lowest BCUT2D eigenvalue weighted by molar-refractivity contribution is -0.159. The molecule has 1 N–H and O–H groups in total. The Labute approximate surface area is 211 Å². The maximum absolute atomic E-state index is 14.8. The second-order valence-electron chi connectivity index (χ2n) is 9.74. The third kappa shape index (κ3) is 5.62. The van der Waals surface area contributed by atoms with Crippen LogP contribution in [0.2, 0.25) is 0 Å². The number of halogens is 1. The number of carbonyl (C=O) groups excluding carboxylic acids is 1. The van der Waals surface area contributed by atoms with Gasteiger partial charge in [-0.2, -0.15) is 0 Å². The summed E-state index contributed by atoms with van der Waals surface area (Å²) in [5.74, 6) is -1.26. The van der Waals surface area contributed by atoms with Crippen molar-refractivity contribution in [1.82, 2.24) is 0 Å². The van der Waals surface area contributed by atoms with E-state index in [2.05, 4.69) is 0 Å². The molecule has 0 radical (unpaired) electrons. The van der Waals surface area contributed by atoms with Gasteiger partial charge in [0.2, 0.25) is 0 Å². The van der Waals surface area contributed by atoms with Crippen molar-refractivity contribution in [2.24, 2.45) is 0 Å². The van der Waals surface area contributed by atoms with Crippen LogP contribution in [0, 0.1) is 5.82 Å². The van der Waals surface area contributed by atoms with Gasteiger partial charge in [0.05, 0.1) is 11.2 Å². The van der Waals surface area contributed by atoms with E-state index >= 15 is 0 Å². The van der Waals surface area contributed by atoms with E-state index < -0.39 is 48.9 Å². The number of ether oxygens (including phenoxy) is 2. The minimum absolute atomic E-state index is 0.155. The van der Waals surface area contributed by atoms with E-state index in [0.717, 1.165) is 11.1 Å². The first-order valence-electron chi connectivity index (χ1n) is 11.8. The minimum Gasteiger partial charge on any atom is -0.490 e. The quantitative estimate of drug-likeness (QED) is 0.376. The molecule has 36 heavy (non-hydrogen) atoms. The van der Waals surface area contributed by atoms with Crippen molar-refractivity contribution in [2.75, 3.05) is 6.61 Å². The molecule has 0 bridgehead atoms. The average Bonchev–Trinajstić information content (AvgIpc) is 3.08. The highest BCUT2D eigenvalue weighted by molar-refractivity contribution is 6.62. The highest BCUT2D eigenvalue weighted by Crippen LogP contribution is 2.36. The Morgan fingerprint density at radius 3 is 1.94 bits per heavy atom. The highest BCUT2D eigenvalue weighted by atomic mass is 19.1. The number of rotatable bonds is 8. The summed E-state index contributed by atoms with van der Waals surface area (Å²) >= 11 is 0. The molecule has 1 unspecified atom stereocenters. The van der Waals surface area contributed by atoms with Crippen molar-refractivity contribution in [3.63, 3.8) is 0 Å². The fraction of sp³-hybridized carbons (Fsp3) is 0.321. The summed E-state index contributed by atoms with van der Waals surface area (Å²) in [6.45, 7) is 7.17. The van der Waals surface area contributed by atoms with Gasteiger partial charge in [0.1, 0.15) is 18.2 Å². The molecule has 8 heteroatoms. The van der Waals surface area contributed by atoms with Crippen LogP contribution in [0.5, 0.6) is 5.75 Å². The summed E-state index contributed by atoms with van der Waals surface area (Å²) < 4.78 is 37.8. The Morgan fingerprint density at radius 2 is 1.44 bits per heavy atom. The zero-order chi connectivity index (χ0) is 25.9. The lowest BCUT2D eigenvalue weighted by atomic mass is 9.78. The summed E-state index contributed by atoms with van der Waals surface area (Å²) in [5.41, 5.74) is 0.591. The summed E-state index contributed by atoms with van der Waals surface area (Å²) in [7, 11) is -0.850. The molecule has 0 aliphatic carbocycles. The lowest BCUT2D eigenvalue weighted by Crippen LogP contribution is -2.41. The molecule has 0 aromatic heterocycles. The van der Waals surface area contributed by atoms with Crippen LogP contribution >= 0.6 is 0 Å². The number of aliphatic hydroxyl groups is 1. The summed E-state index contributed by atoms with van der Waals surface area (Å²) in [6.07, 6.45) is -2.25. The average molecular weight is 492 g/mol. The van der Waals surface area contributed by atoms with Crippen molar-refractivity contribution < 1.29 is 33.1 Å². The molecular weight excluding hydrogens is 462 g/mol. The van der Waals surface area contributed by atoms with E-state index in [1.54, 1.807) is 0 Å². The molecule has 4 rings (SSSR count). The van der Waals surface area contributed by atoms with Crippen molar-refractivity contribution in [3.8, 4) is 5.75 Å². The molecule has 3 aromatic carbocycles. The SMILES string of the molecule is CC1(C)OB(c2ccc(OCC(O)C(=O)OC(c3ccccc3)c3ccccc3)cc2F)OC1(C)C. The maximum Gasteiger partial charge on any atom is 0.497 e. The third-order valence-corrected chi connectivity index (χ3v) is 6.60. The van der Waals surface area contributed by atoms with Gasteiger partial charge in [-0.05, 0) is 44.9 Å². The second-order valence-corrected chi connectivity index (χ2v) is 9.74. The zero-order valence-corrected chi connectivity index (χ0v) is 20.8. The van der Waals surface area contributed by atoms with Gasteiger partial charge in [-0.1, -0.05) is 66.7 Å². The molecule has 1 fully saturated rings. The predicted octanol–water partition coefficient (Wildman–Crippen LogP) is 4.20. The highest BCUT2D eigenvalue weighted by Gasteiger charge is 2.52. The van der Waals surface area contributed by atoms with E-state index in [1.807, 2.05) is 88.4 Å². The second kappa shape index (κ2) is 10.4. The van der Waals surface area contributed by atoms with Crippen LogP contribution in [0.15, 0.2) is 78.9 Å². The number of benzene rings is 3. The van der Waals surface area contributed by atoms with Crippen LogP contribution in [0.1, 0.15) is 44.9 Å². The Kier molecular flexibility index (Phi) is 7.50. The van der Waals surface area contributed by atoms with Crippen LogP contribution in [-0.2, 0) is 18.8 Å². The fourth-order valence-corrected chi connectivity index (χ4v) is 3.78. The minimum atomic E-state index is -1.56. The fourth-order valence-electron chi connectivity index (χ4n) is 3.78. The molecule has 0 spiro atoms. The van der Waals surface area contributed by atoms with Crippen molar-refractivity contribution in [3.05, 3.63) is 95.8 Å². The van der Waals surface area contributed by atoms with Gasteiger partial charge in [-0.3, -0.25) is 0 Å². The largest absolute Gasteiger partial charge is 0.497 e. The number of hydrogen-bond acceptors (Lipinski definition) is 6. The Balaban J connectivity index is 1.39.